The lowest BCUT2D eigenvalue weighted by Crippen LogP contribution is -2.61. The van der Waals surface area contributed by atoms with Gasteiger partial charge in [-0.3, -0.25) is 14.5 Å². The fraction of sp³-hybridized carbons (Fsp3) is 0.286. The van der Waals surface area contributed by atoms with Crippen LogP contribution in [0.3, 0.4) is 0 Å². The van der Waals surface area contributed by atoms with Crippen molar-refractivity contribution >= 4 is 29.2 Å². The van der Waals surface area contributed by atoms with Crippen molar-refractivity contribution in [2.24, 2.45) is 0 Å². The zero-order chi connectivity index (χ0) is 19.7. The highest BCUT2D eigenvalue weighted by molar-refractivity contribution is 6.15. The molecule has 1 fully saturated rings. The third-order valence-corrected chi connectivity index (χ3v) is 5.37. The van der Waals surface area contributed by atoms with Gasteiger partial charge in [0.1, 0.15) is 16.9 Å². The van der Waals surface area contributed by atoms with E-state index in [9.17, 15) is 19.5 Å². The van der Waals surface area contributed by atoms with Gasteiger partial charge in [-0.05, 0) is 37.1 Å². The van der Waals surface area contributed by atoms with E-state index in [-0.39, 0.29) is 17.2 Å². The number of ether oxygens (including phenoxy) is 1. The maximum absolute atomic E-state index is 13.1. The van der Waals surface area contributed by atoms with E-state index in [1.165, 1.54) is 17.0 Å². The van der Waals surface area contributed by atoms with Crippen LogP contribution in [0.1, 0.15) is 36.0 Å². The lowest BCUT2D eigenvalue weighted by Gasteiger charge is -2.44. The van der Waals surface area contributed by atoms with E-state index in [0.717, 1.165) is 12.8 Å². The van der Waals surface area contributed by atoms with E-state index < -0.39 is 24.0 Å². The Bertz CT molecular complexity index is 949. The molecule has 4 rings (SSSR count). The van der Waals surface area contributed by atoms with Crippen molar-refractivity contribution < 1.29 is 24.2 Å². The van der Waals surface area contributed by atoms with Crippen molar-refractivity contribution in [3.8, 4) is 5.75 Å². The average Bonchev–Trinajstić information content (AvgIpc) is 3.18. The number of phenolic OH excluding ortho intramolecular Hbond substituents is 1. The van der Waals surface area contributed by atoms with Gasteiger partial charge >= 0.3 is 5.97 Å². The van der Waals surface area contributed by atoms with Gasteiger partial charge in [0, 0.05) is 0 Å². The average molecular weight is 380 g/mol. The topological polar surface area (TPSA) is 95.9 Å². The van der Waals surface area contributed by atoms with Crippen LogP contribution in [-0.2, 0) is 14.3 Å². The summed E-state index contributed by atoms with van der Waals surface area (Å²) in [6, 6.07) is 13.1. The van der Waals surface area contributed by atoms with Crippen LogP contribution in [0.15, 0.2) is 48.5 Å². The van der Waals surface area contributed by atoms with E-state index >= 15 is 0 Å². The molecule has 1 aliphatic heterocycles. The SMILES string of the molecule is O=C(OCC(=O)N1c2ccccc2NC(=O)C12CCCC2)c1ccccc1O. The summed E-state index contributed by atoms with van der Waals surface area (Å²) in [5.74, 6) is -1.67. The number of nitrogens with one attached hydrogen (secondary N) is 1. The molecule has 0 atom stereocenters. The maximum atomic E-state index is 13.1. The highest BCUT2D eigenvalue weighted by Crippen LogP contribution is 2.45. The predicted octanol–water partition coefficient (Wildman–Crippen LogP) is 2.85. The molecule has 7 heteroatoms. The molecule has 28 heavy (non-hydrogen) atoms. The van der Waals surface area contributed by atoms with Crippen LogP contribution in [0, 0.1) is 0 Å². The van der Waals surface area contributed by atoms with Gasteiger partial charge in [0.2, 0.25) is 0 Å². The second-order valence-corrected chi connectivity index (χ2v) is 7.03. The Hall–Kier alpha value is -3.35. The number of rotatable bonds is 3. The summed E-state index contributed by atoms with van der Waals surface area (Å²) in [4.78, 5) is 39.7. The van der Waals surface area contributed by atoms with Crippen LogP contribution in [-0.4, -0.2) is 35.0 Å². The fourth-order valence-corrected chi connectivity index (χ4v) is 4.04. The van der Waals surface area contributed by atoms with Crippen LogP contribution in [0.4, 0.5) is 11.4 Å². The first-order valence-electron chi connectivity index (χ1n) is 9.21. The first kappa shape index (κ1) is 18.0. The molecule has 2 aromatic rings. The van der Waals surface area contributed by atoms with Gasteiger partial charge in [0.05, 0.1) is 11.4 Å². The summed E-state index contributed by atoms with van der Waals surface area (Å²) in [6.07, 6.45) is 2.81. The normalized spacial score (nSPS) is 17.1. The molecule has 144 valence electrons. The Kier molecular flexibility index (Phi) is 4.50. The first-order valence-corrected chi connectivity index (χ1v) is 9.21. The lowest BCUT2D eigenvalue weighted by atomic mass is 9.90. The molecule has 7 nitrogen and oxygen atoms in total. The van der Waals surface area contributed by atoms with E-state index in [0.29, 0.717) is 24.2 Å². The van der Waals surface area contributed by atoms with Crippen LogP contribution in [0.2, 0.25) is 0 Å². The van der Waals surface area contributed by atoms with E-state index in [2.05, 4.69) is 5.32 Å². The smallest absolute Gasteiger partial charge is 0.342 e. The number of para-hydroxylation sites is 3. The molecule has 1 spiro atoms. The molecule has 1 heterocycles. The second-order valence-electron chi connectivity index (χ2n) is 7.03. The van der Waals surface area contributed by atoms with Crippen molar-refractivity contribution in [2.45, 2.75) is 31.2 Å². The number of benzene rings is 2. The number of nitrogens with zero attached hydrogens (tertiary/aromatic N) is 1. The van der Waals surface area contributed by atoms with E-state index in [4.69, 9.17) is 4.74 Å². The first-order chi connectivity index (χ1) is 13.5. The number of carbonyl (C=O) groups is 3. The van der Waals surface area contributed by atoms with Crippen LogP contribution in [0.25, 0.3) is 0 Å². The molecule has 2 N–H and O–H groups in total. The summed E-state index contributed by atoms with van der Waals surface area (Å²) in [5.41, 5.74) is 0.202. The lowest BCUT2D eigenvalue weighted by molar-refractivity contribution is -0.129. The molecule has 0 unspecified atom stereocenters. The Labute approximate surface area is 161 Å². The predicted molar refractivity (Wildman–Crippen MR) is 102 cm³/mol. The van der Waals surface area contributed by atoms with Crippen LogP contribution < -0.4 is 10.2 Å². The summed E-state index contributed by atoms with van der Waals surface area (Å²) in [6.45, 7) is -0.517. The van der Waals surface area contributed by atoms with Crippen molar-refractivity contribution in [1.29, 1.82) is 0 Å². The van der Waals surface area contributed by atoms with Gasteiger partial charge in [-0.15, -0.1) is 0 Å². The Balaban J connectivity index is 1.60. The highest BCUT2D eigenvalue weighted by Gasteiger charge is 2.52. The minimum absolute atomic E-state index is 0.0114. The van der Waals surface area contributed by atoms with Crippen LogP contribution in [0.5, 0.6) is 5.75 Å². The monoisotopic (exact) mass is 380 g/mol. The number of esters is 1. The molecule has 2 amide bonds. The number of amides is 2. The minimum atomic E-state index is -0.952. The molecule has 2 aromatic carbocycles. The summed E-state index contributed by atoms with van der Waals surface area (Å²) >= 11 is 0. The standard InChI is InChI=1S/C21H20N2O5/c24-17-10-4-1-7-14(17)19(26)28-13-18(25)23-16-9-3-2-8-15(16)22-20(27)21(23)11-5-6-12-21/h1-4,7-10,24H,5-6,11-13H2,(H,22,27). The fourth-order valence-electron chi connectivity index (χ4n) is 4.04. The van der Waals surface area contributed by atoms with Gasteiger partial charge in [-0.25, -0.2) is 4.79 Å². The zero-order valence-corrected chi connectivity index (χ0v) is 15.2. The number of carbonyl (C=O) groups excluding carboxylic acids is 3. The highest BCUT2D eigenvalue weighted by atomic mass is 16.5. The number of phenols is 1. The van der Waals surface area contributed by atoms with Gasteiger partial charge in [0.15, 0.2) is 6.61 Å². The molecule has 2 aliphatic rings. The number of hydrogen-bond acceptors (Lipinski definition) is 5. The molecule has 0 saturated heterocycles. The Morgan fingerprint density at radius 1 is 1.07 bits per heavy atom. The summed E-state index contributed by atoms with van der Waals surface area (Å²) in [7, 11) is 0. The third-order valence-electron chi connectivity index (χ3n) is 5.37. The molecule has 1 saturated carbocycles. The van der Waals surface area contributed by atoms with E-state index in [1.54, 1.807) is 36.4 Å². The van der Waals surface area contributed by atoms with Gasteiger partial charge in [-0.1, -0.05) is 37.1 Å². The minimum Gasteiger partial charge on any atom is -0.507 e. The Morgan fingerprint density at radius 3 is 2.50 bits per heavy atom. The zero-order valence-electron chi connectivity index (χ0n) is 15.2. The van der Waals surface area contributed by atoms with Crippen LogP contribution >= 0.6 is 0 Å². The van der Waals surface area contributed by atoms with Gasteiger partial charge in [-0.2, -0.15) is 0 Å². The second kappa shape index (κ2) is 6.99. The molecular weight excluding hydrogens is 360 g/mol. The molecule has 1 aliphatic carbocycles. The molecule has 0 aromatic heterocycles. The number of fused-ring (bicyclic) bond motifs is 1. The van der Waals surface area contributed by atoms with E-state index in [1.807, 2.05) is 0 Å². The van der Waals surface area contributed by atoms with Gasteiger partial charge in [0.25, 0.3) is 11.8 Å². The third kappa shape index (κ3) is 2.89. The molecule has 0 bridgehead atoms. The maximum Gasteiger partial charge on any atom is 0.342 e. The Morgan fingerprint density at radius 2 is 1.75 bits per heavy atom. The molecule has 0 radical (unpaired) electrons. The molecular formula is C21H20N2O5. The summed E-state index contributed by atoms with van der Waals surface area (Å²) in [5, 5.41) is 12.7. The number of anilines is 2. The van der Waals surface area contributed by atoms with Crippen molar-refractivity contribution in [1.82, 2.24) is 0 Å². The van der Waals surface area contributed by atoms with Crippen molar-refractivity contribution in [3.63, 3.8) is 0 Å². The van der Waals surface area contributed by atoms with Crippen molar-refractivity contribution in [3.05, 3.63) is 54.1 Å². The van der Waals surface area contributed by atoms with Crippen molar-refractivity contribution in [2.75, 3.05) is 16.8 Å². The van der Waals surface area contributed by atoms with Gasteiger partial charge < -0.3 is 15.2 Å². The number of hydrogen-bond donors (Lipinski definition) is 2. The quantitative estimate of drug-likeness (QED) is 0.799. The largest absolute Gasteiger partial charge is 0.507 e. The number of aromatic hydroxyl groups is 1. The summed E-state index contributed by atoms with van der Waals surface area (Å²) < 4.78 is 5.16.